The third-order valence-electron chi connectivity index (χ3n) is 5.66. The molecular formula is C18H22N4OS. The summed E-state index contributed by atoms with van der Waals surface area (Å²) in [5, 5.41) is 2.14. The Balaban J connectivity index is 1.24. The number of rotatable bonds is 1. The molecule has 0 unspecified atom stereocenters. The van der Waals surface area contributed by atoms with E-state index in [0.29, 0.717) is 6.04 Å². The Labute approximate surface area is 145 Å². The molecule has 3 aliphatic rings. The first-order chi connectivity index (χ1) is 11.8. The summed E-state index contributed by atoms with van der Waals surface area (Å²) in [4.78, 5) is 22.8. The summed E-state index contributed by atoms with van der Waals surface area (Å²) in [7, 11) is 0. The molecule has 2 amide bonds. The van der Waals surface area contributed by atoms with Gasteiger partial charge in [0.15, 0.2) is 0 Å². The highest BCUT2D eigenvalue weighted by molar-refractivity contribution is 7.10. The number of carbonyl (C=O) groups is 1. The van der Waals surface area contributed by atoms with Crippen LogP contribution in [0, 0.1) is 0 Å². The fourth-order valence-electron chi connectivity index (χ4n) is 4.21. The number of fused-ring (bicyclic) bond motifs is 2. The predicted octanol–water partition coefficient (Wildman–Crippen LogP) is 2.86. The molecule has 0 saturated carbocycles. The first-order valence-electron chi connectivity index (χ1n) is 8.93. The van der Waals surface area contributed by atoms with Gasteiger partial charge in [-0.25, -0.2) is 9.78 Å². The molecule has 24 heavy (non-hydrogen) atoms. The summed E-state index contributed by atoms with van der Waals surface area (Å²) in [5.74, 6) is 0. The lowest BCUT2D eigenvalue weighted by atomic mass is 10.00. The van der Waals surface area contributed by atoms with E-state index < -0.39 is 0 Å². The Morgan fingerprint density at radius 2 is 2.04 bits per heavy atom. The van der Waals surface area contributed by atoms with Gasteiger partial charge in [0.05, 0.1) is 18.1 Å². The maximum Gasteiger partial charge on any atom is 0.320 e. The van der Waals surface area contributed by atoms with Crippen LogP contribution in [-0.2, 0) is 25.8 Å². The molecule has 0 bridgehead atoms. The molecule has 2 aromatic heterocycles. The second kappa shape index (κ2) is 5.62. The zero-order valence-corrected chi connectivity index (χ0v) is 14.6. The smallest absolute Gasteiger partial charge is 0.320 e. The lowest BCUT2D eigenvalue weighted by molar-refractivity contribution is 0.0897. The zero-order valence-electron chi connectivity index (χ0n) is 13.8. The van der Waals surface area contributed by atoms with Crippen LogP contribution in [0.3, 0.4) is 0 Å². The van der Waals surface area contributed by atoms with E-state index in [1.165, 1.54) is 34.7 Å². The van der Waals surface area contributed by atoms with Gasteiger partial charge in [-0.1, -0.05) is 0 Å². The maximum absolute atomic E-state index is 12.7. The van der Waals surface area contributed by atoms with Crippen molar-refractivity contribution in [3.05, 3.63) is 39.6 Å². The highest BCUT2D eigenvalue weighted by atomic mass is 32.1. The van der Waals surface area contributed by atoms with Gasteiger partial charge in [-0.2, -0.15) is 0 Å². The Morgan fingerprint density at radius 1 is 1.17 bits per heavy atom. The minimum Gasteiger partial charge on any atom is -0.328 e. The first kappa shape index (κ1) is 14.5. The minimum atomic E-state index is 0.206. The van der Waals surface area contributed by atoms with Crippen molar-refractivity contribution in [1.82, 2.24) is 19.4 Å². The van der Waals surface area contributed by atoms with E-state index in [-0.39, 0.29) is 6.03 Å². The van der Waals surface area contributed by atoms with E-state index in [1.807, 2.05) is 27.5 Å². The van der Waals surface area contributed by atoms with Crippen molar-refractivity contribution >= 4 is 17.4 Å². The molecule has 5 rings (SSSR count). The van der Waals surface area contributed by atoms with E-state index >= 15 is 0 Å². The number of urea groups is 1. The summed E-state index contributed by atoms with van der Waals surface area (Å²) < 4.78 is 2.34. The summed E-state index contributed by atoms with van der Waals surface area (Å²) >= 11 is 1.82. The Bertz CT molecular complexity index is 774. The monoisotopic (exact) mass is 342 g/mol. The average Bonchev–Trinajstić information content (AvgIpc) is 3.19. The molecule has 1 saturated heterocycles. The van der Waals surface area contributed by atoms with E-state index in [0.717, 1.165) is 45.4 Å². The molecule has 0 aromatic carbocycles. The van der Waals surface area contributed by atoms with Gasteiger partial charge in [-0.05, 0) is 49.1 Å². The fourth-order valence-corrected chi connectivity index (χ4v) is 5.10. The molecule has 5 nitrogen and oxygen atoms in total. The van der Waals surface area contributed by atoms with E-state index in [2.05, 4.69) is 21.0 Å². The normalized spacial score (nSPS) is 20.5. The second-order valence-electron chi connectivity index (χ2n) is 7.13. The van der Waals surface area contributed by atoms with Crippen molar-refractivity contribution in [1.29, 1.82) is 0 Å². The van der Waals surface area contributed by atoms with Gasteiger partial charge >= 0.3 is 6.03 Å². The summed E-state index contributed by atoms with van der Waals surface area (Å²) in [6.07, 6.45) is 7.80. The average molecular weight is 342 g/mol. The van der Waals surface area contributed by atoms with Crippen LogP contribution in [0.15, 0.2) is 17.8 Å². The van der Waals surface area contributed by atoms with Crippen molar-refractivity contribution in [3.63, 3.8) is 0 Å². The van der Waals surface area contributed by atoms with Gasteiger partial charge in [-0.3, -0.25) is 0 Å². The van der Waals surface area contributed by atoms with E-state index in [9.17, 15) is 4.79 Å². The number of aryl methyl sites for hydroxylation is 1. The van der Waals surface area contributed by atoms with Crippen LogP contribution in [0.2, 0.25) is 0 Å². The van der Waals surface area contributed by atoms with Crippen LogP contribution in [0.25, 0.3) is 0 Å². The quantitative estimate of drug-likeness (QED) is 0.800. The standard InChI is InChI=1S/C18H22N4OS/c23-18(20-7-5-17-13(9-20)6-8-24-17)21-10-14(11-21)22-12-19-15-3-1-2-4-16(15)22/h6,8,12,14H,1-5,7,9-11H2. The predicted molar refractivity (Wildman–Crippen MR) is 93.3 cm³/mol. The fraction of sp³-hybridized carbons (Fsp3) is 0.556. The third-order valence-corrected chi connectivity index (χ3v) is 6.69. The number of aromatic nitrogens is 2. The molecule has 2 aliphatic heterocycles. The van der Waals surface area contributed by atoms with Crippen LogP contribution in [0.5, 0.6) is 0 Å². The lowest BCUT2D eigenvalue weighted by Gasteiger charge is -2.43. The van der Waals surface area contributed by atoms with Gasteiger partial charge in [0.1, 0.15) is 0 Å². The molecule has 126 valence electrons. The number of carbonyl (C=O) groups excluding carboxylic acids is 1. The number of likely N-dealkylation sites (tertiary alicyclic amines) is 1. The van der Waals surface area contributed by atoms with Crippen molar-refractivity contribution < 1.29 is 4.79 Å². The van der Waals surface area contributed by atoms with Gasteiger partial charge < -0.3 is 14.4 Å². The molecule has 1 fully saturated rings. The lowest BCUT2D eigenvalue weighted by Crippen LogP contribution is -2.56. The highest BCUT2D eigenvalue weighted by Gasteiger charge is 2.36. The molecule has 0 atom stereocenters. The zero-order chi connectivity index (χ0) is 16.1. The number of nitrogens with zero attached hydrogens (tertiary/aromatic N) is 4. The molecular weight excluding hydrogens is 320 g/mol. The van der Waals surface area contributed by atoms with Crippen LogP contribution in [0.1, 0.15) is 40.7 Å². The minimum absolute atomic E-state index is 0.206. The second-order valence-corrected chi connectivity index (χ2v) is 8.13. The van der Waals surface area contributed by atoms with Crippen molar-refractivity contribution in [2.45, 2.75) is 44.7 Å². The van der Waals surface area contributed by atoms with Crippen molar-refractivity contribution in [2.24, 2.45) is 0 Å². The maximum atomic E-state index is 12.7. The van der Waals surface area contributed by atoms with Crippen molar-refractivity contribution in [2.75, 3.05) is 19.6 Å². The van der Waals surface area contributed by atoms with Gasteiger partial charge in [0.2, 0.25) is 0 Å². The van der Waals surface area contributed by atoms with Crippen LogP contribution in [-0.4, -0.2) is 45.0 Å². The topological polar surface area (TPSA) is 41.4 Å². The largest absolute Gasteiger partial charge is 0.328 e. The van der Waals surface area contributed by atoms with Gasteiger partial charge in [-0.15, -0.1) is 11.3 Å². The number of hydrogen-bond acceptors (Lipinski definition) is 3. The van der Waals surface area contributed by atoms with E-state index in [1.54, 1.807) is 0 Å². The van der Waals surface area contributed by atoms with Crippen LogP contribution < -0.4 is 0 Å². The molecule has 6 heteroatoms. The molecule has 0 spiro atoms. The van der Waals surface area contributed by atoms with Gasteiger partial charge in [0, 0.05) is 36.8 Å². The Hall–Kier alpha value is -1.82. The van der Waals surface area contributed by atoms with Crippen molar-refractivity contribution in [3.8, 4) is 0 Å². The first-order valence-corrected chi connectivity index (χ1v) is 9.81. The number of amides is 2. The van der Waals surface area contributed by atoms with Crippen LogP contribution in [0.4, 0.5) is 4.79 Å². The van der Waals surface area contributed by atoms with E-state index in [4.69, 9.17) is 0 Å². The summed E-state index contributed by atoms with van der Waals surface area (Å²) in [5.41, 5.74) is 4.03. The SMILES string of the molecule is O=C(N1CCc2sccc2C1)N1CC(n2cnc3c2CCCC3)C1. The molecule has 2 aromatic rings. The molecule has 4 heterocycles. The Kier molecular flexibility index (Phi) is 3.40. The molecule has 1 aliphatic carbocycles. The van der Waals surface area contributed by atoms with Crippen LogP contribution >= 0.6 is 11.3 Å². The number of hydrogen-bond donors (Lipinski definition) is 0. The highest BCUT2D eigenvalue weighted by Crippen LogP contribution is 2.30. The summed E-state index contributed by atoms with van der Waals surface area (Å²) in [6, 6.07) is 2.79. The summed E-state index contributed by atoms with van der Waals surface area (Å²) in [6.45, 7) is 3.29. The number of imidazole rings is 1. The molecule has 0 radical (unpaired) electrons. The molecule has 0 N–H and O–H groups in total. The Morgan fingerprint density at radius 3 is 2.96 bits per heavy atom. The third kappa shape index (κ3) is 2.27. The van der Waals surface area contributed by atoms with Gasteiger partial charge in [0.25, 0.3) is 0 Å². The number of thiophene rings is 1.